The number of nitrogens with zero attached hydrogens (tertiary/aromatic N) is 3. The summed E-state index contributed by atoms with van der Waals surface area (Å²) in [6, 6.07) is 0. The summed E-state index contributed by atoms with van der Waals surface area (Å²) in [4.78, 5) is 6.15. The van der Waals surface area contributed by atoms with Crippen LogP contribution in [0.4, 0.5) is 8.78 Å². The first-order chi connectivity index (χ1) is 8.20. The Morgan fingerprint density at radius 2 is 2.16 bits per heavy atom. The third kappa shape index (κ3) is 4.87. The lowest BCUT2D eigenvalue weighted by atomic mass is 9.98. The van der Waals surface area contributed by atoms with Crippen molar-refractivity contribution in [1.29, 1.82) is 0 Å². The van der Waals surface area contributed by atoms with E-state index in [1.54, 1.807) is 0 Å². The van der Waals surface area contributed by atoms with E-state index < -0.39 is 6.55 Å². The molecule has 0 bridgehead atoms. The van der Waals surface area contributed by atoms with Crippen molar-refractivity contribution in [2.24, 2.45) is 11.7 Å². The van der Waals surface area contributed by atoms with E-state index in [2.05, 4.69) is 9.88 Å². The van der Waals surface area contributed by atoms with Gasteiger partial charge < -0.3 is 5.73 Å². The van der Waals surface area contributed by atoms with Crippen molar-refractivity contribution in [2.75, 3.05) is 19.6 Å². The summed E-state index contributed by atoms with van der Waals surface area (Å²) in [5.74, 6) is 0.913. The van der Waals surface area contributed by atoms with Crippen LogP contribution in [0.15, 0.2) is 12.4 Å². The van der Waals surface area contributed by atoms with Crippen LogP contribution in [-0.4, -0.2) is 34.1 Å². The Balaban J connectivity index is 0.00000162. The molecule has 112 valence electrons. The first-order valence-electron chi connectivity index (χ1n) is 5.93. The van der Waals surface area contributed by atoms with Crippen LogP contribution in [0, 0.1) is 5.92 Å². The van der Waals surface area contributed by atoms with Crippen molar-refractivity contribution in [3.63, 3.8) is 0 Å². The number of aromatic nitrogens is 2. The standard InChI is InChI=1S/C11H18F2N4.2ClH/c12-11(13)17-5-3-15-10(17)8-16-4-1-2-9(6-14)7-16;;/h3,5,9,11H,1-2,4,6-8,14H2;2*1H. The number of hydrogen-bond donors (Lipinski definition) is 1. The van der Waals surface area contributed by atoms with Crippen molar-refractivity contribution in [3.05, 3.63) is 18.2 Å². The molecule has 1 fully saturated rings. The Hall–Kier alpha value is -0.430. The molecular weight excluding hydrogens is 297 g/mol. The smallest absolute Gasteiger partial charge is 0.319 e. The number of halogens is 4. The maximum absolute atomic E-state index is 12.6. The molecule has 2 heterocycles. The average molecular weight is 317 g/mol. The average Bonchev–Trinajstić information content (AvgIpc) is 2.77. The maximum atomic E-state index is 12.6. The fourth-order valence-electron chi connectivity index (χ4n) is 2.33. The molecule has 4 nitrogen and oxygen atoms in total. The molecule has 0 amide bonds. The summed E-state index contributed by atoms with van der Waals surface area (Å²) >= 11 is 0. The predicted molar refractivity (Wildman–Crippen MR) is 75.0 cm³/mol. The lowest BCUT2D eigenvalue weighted by Gasteiger charge is -2.31. The molecule has 1 unspecified atom stereocenters. The highest BCUT2D eigenvalue weighted by molar-refractivity contribution is 5.85. The fraction of sp³-hybridized carbons (Fsp3) is 0.727. The molecule has 1 aliphatic heterocycles. The van der Waals surface area contributed by atoms with E-state index in [9.17, 15) is 8.78 Å². The molecule has 1 aliphatic rings. The molecule has 19 heavy (non-hydrogen) atoms. The second kappa shape index (κ2) is 8.68. The van der Waals surface area contributed by atoms with Crippen molar-refractivity contribution in [1.82, 2.24) is 14.5 Å². The molecular formula is C11H20Cl2F2N4. The fourth-order valence-corrected chi connectivity index (χ4v) is 2.33. The zero-order chi connectivity index (χ0) is 12.3. The first-order valence-corrected chi connectivity index (χ1v) is 5.93. The van der Waals surface area contributed by atoms with E-state index >= 15 is 0 Å². The van der Waals surface area contributed by atoms with Gasteiger partial charge in [-0.2, -0.15) is 8.78 Å². The minimum atomic E-state index is -2.51. The topological polar surface area (TPSA) is 47.1 Å². The highest BCUT2D eigenvalue weighted by Gasteiger charge is 2.21. The van der Waals surface area contributed by atoms with Gasteiger partial charge in [0.05, 0.1) is 6.54 Å². The Kier molecular flexibility index (Phi) is 8.49. The number of alkyl halides is 2. The molecule has 2 rings (SSSR count). The Bertz CT molecular complexity index is 362. The summed E-state index contributed by atoms with van der Waals surface area (Å²) in [5.41, 5.74) is 5.65. The second-order valence-electron chi connectivity index (χ2n) is 4.51. The van der Waals surface area contributed by atoms with E-state index in [-0.39, 0.29) is 24.8 Å². The summed E-state index contributed by atoms with van der Waals surface area (Å²) in [6.07, 6.45) is 4.96. The van der Waals surface area contributed by atoms with Gasteiger partial charge in [-0.25, -0.2) is 4.98 Å². The van der Waals surface area contributed by atoms with Gasteiger partial charge >= 0.3 is 6.55 Å². The number of rotatable bonds is 4. The van der Waals surface area contributed by atoms with Crippen LogP contribution >= 0.6 is 24.8 Å². The van der Waals surface area contributed by atoms with E-state index in [0.29, 0.717) is 24.8 Å². The van der Waals surface area contributed by atoms with E-state index in [4.69, 9.17) is 5.73 Å². The molecule has 0 radical (unpaired) electrons. The van der Waals surface area contributed by atoms with Gasteiger partial charge in [-0.1, -0.05) is 0 Å². The van der Waals surface area contributed by atoms with Gasteiger partial charge in [-0.3, -0.25) is 9.47 Å². The van der Waals surface area contributed by atoms with E-state index in [0.717, 1.165) is 30.5 Å². The molecule has 0 saturated carbocycles. The van der Waals surface area contributed by atoms with Gasteiger partial charge in [0.25, 0.3) is 0 Å². The Morgan fingerprint density at radius 3 is 2.79 bits per heavy atom. The summed E-state index contributed by atoms with van der Waals surface area (Å²) < 4.78 is 26.2. The van der Waals surface area contributed by atoms with Crippen LogP contribution in [0.2, 0.25) is 0 Å². The van der Waals surface area contributed by atoms with E-state index in [1.807, 2.05) is 0 Å². The van der Waals surface area contributed by atoms with Crippen molar-refractivity contribution < 1.29 is 8.78 Å². The van der Waals surface area contributed by atoms with Crippen LogP contribution in [0.3, 0.4) is 0 Å². The second-order valence-corrected chi connectivity index (χ2v) is 4.51. The highest BCUT2D eigenvalue weighted by Crippen LogP contribution is 2.19. The summed E-state index contributed by atoms with van der Waals surface area (Å²) in [7, 11) is 0. The van der Waals surface area contributed by atoms with Gasteiger partial charge in [0.15, 0.2) is 0 Å². The molecule has 0 spiro atoms. The van der Waals surface area contributed by atoms with Crippen LogP contribution in [0.1, 0.15) is 25.2 Å². The van der Waals surface area contributed by atoms with Gasteiger partial charge in [0.2, 0.25) is 0 Å². The maximum Gasteiger partial charge on any atom is 0.319 e. The molecule has 0 aliphatic carbocycles. The number of piperidine rings is 1. The van der Waals surface area contributed by atoms with Crippen molar-refractivity contribution in [3.8, 4) is 0 Å². The van der Waals surface area contributed by atoms with Crippen LogP contribution in [0.5, 0.6) is 0 Å². The summed E-state index contributed by atoms with van der Waals surface area (Å²) in [6.45, 7) is 0.454. The van der Waals surface area contributed by atoms with Crippen molar-refractivity contribution >= 4 is 24.8 Å². The number of hydrogen-bond acceptors (Lipinski definition) is 3. The van der Waals surface area contributed by atoms with Crippen molar-refractivity contribution in [2.45, 2.75) is 25.9 Å². The van der Waals surface area contributed by atoms with Gasteiger partial charge in [0.1, 0.15) is 5.82 Å². The Morgan fingerprint density at radius 1 is 1.42 bits per heavy atom. The predicted octanol–water partition coefficient (Wildman–Crippen LogP) is 2.29. The van der Waals surface area contributed by atoms with Gasteiger partial charge in [-0.15, -0.1) is 24.8 Å². The Labute approximate surface area is 124 Å². The molecule has 8 heteroatoms. The molecule has 1 saturated heterocycles. The normalized spacial score (nSPS) is 19.9. The third-order valence-electron chi connectivity index (χ3n) is 3.26. The quantitative estimate of drug-likeness (QED) is 0.927. The molecule has 1 aromatic heterocycles. The van der Waals surface area contributed by atoms with Crippen LogP contribution in [-0.2, 0) is 6.54 Å². The number of nitrogens with two attached hydrogens (primary N) is 1. The highest BCUT2D eigenvalue weighted by atomic mass is 35.5. The molecule has 1 aromatic rings. The molecule has 0 aromatic carbocycles. The largest absolute Gasteiger partial charge is 0.330 e. The minimum Gasteiger partial charge on any atom is -0.330 e. The van der Waals surface area contributed by atoms with Gasteiger partial charge in [0, 0.05) is 18.9 Å². The monoisotopic (exact) mass is 316 g/mol. The first kappa shape index (κ1) is 18.6. The van der Waals surface area contributed by atoms with E-state index in [1.165, 1.54) is 12.4 Å². The minimum absolute atomic E-state index is 0. The SMILES string of the molecule is Cl.Cl.NCC1CCCN(Cc2nccn2C(F)F)C1. The molecule has 2 N–H and O–H groups in total. The lowest BCUT2D eigenvalue weighted by molar-refractivity contribution is 0.0620. The van der Waals surface area contributed by atoms with Gasteiger partial charge in [-0.05, 0) is 31.8 Å². The number of imidazole rings is 1. The zero-order valence-corrected chi connectivity index (χ0v) is 12.2. The zero-order valence-electron chi connectivity index (χ0n) is 10.5. The lowest BCUT2D eigenvalue weighted by Crippen LogP contribution is -2.38. The third-order valence-corrected chi connectivity index (χ3v) is 3.26. The number of likely N-dealkylation sites (tertiary alicyclic amines) is 1. The molecule has 1 atom stereocenters. The van der Waals surface area contributed by atoms with Crippen LogP contribution < -0.4 is 5.73 Å². The van der Waals surface area contributed by atoms with Crippen LogP contribution in [0.25, 0.3) is 0 Å². The summed E-state index contributed by atoms with van der Waals surface area (Å²) in [5, 5.41) is 0.